The van der Waals surface area contributed by atoms with E-state index in [0.29, 0.717) is 12.1 Å². The van der Waals surface area contributed by atoms with Crippen molar-refractivity contribution in [1.82, 2.24) is 5.32 Å². The highest BCUT2D eigenvalue weighted by atomic mass is 16.5. The van der Waals surface area contributed by atoms with E-state index in [2.05, 4.69) is 12.2 Å². The Morgan fingerprint density at radius 2 is 2.08 bits per heavy atom. The Kier molecular flexibility index (Phi) is 4.83. The maximum absolute atomic E-state index is 10.2. The second-order valence-electron chi connectivity index (χ2n) is 3.63. The van der Waals surface area contributed by atoms with Crippen LogP contribution in [0.1, 0.15) is 39.0 Å². The number of ether oxygens (including phenoxy) is 1. The van der Waals surface area contributed by atoms with E-state index in [1.54, 1.807) is 0 Å². The van der Waals surface area contributed by atoms with Gasteiger partial charge in [-0.1, -0.05) is 6.92 Å². The molecule has 76 valence electrons. The zero-order chi connectivity index (χ0) is 9.52. The SMILES string of the molecule is CCCOC1CCC(NC=O)CC1. The molecular formula is C10H19NO2. The number of amides is 1. The summed E-state index contributed by atoms with van der Waals surface area (Å²) in [5.74, 6) is 0. The van der Waals surface area contributed by atoms with Crippen molar-refractivity contribution in [2.75, 3.05) is 6.61 Å². The molecule has 0 bridgehead atoms. The van der Waals surface area contributed by atoms with Gasteiger partial charge in [-0.15, -0.1) is 0 Å². The van der Waals surface area contributed by atoms with E-state index < -0.39 is 0 Å². The van der Waals surface area contributed by atoms with Crippen molar-refractivity contribution in [3.63, 3.8) is 0 Å². The summed E-state index contributed by atoms with van der Waals surface area (Å²) in [6, 6.07) is 0.388. The van der Waals surface area contributed by atoms with Crippen molar-refractivity contribution in [3.8, 4) is 0 Å². The van der Waals surface area contributed by atoms with Crippen molar-refractivity contribution >= 4 is 6.41 Å². The molecule has 0 atom stereocenters. The molecule has 1 N–H and O–H groups in total. The van der Waals surface area contributed by atoms with Crippen molar-refractivity contribution in [2.24, 2.45) is 0 Å². The molecule has 1 amide bonds. The number of nitrogens with one attached hydrogen (secondary N) is 1. The summed E-state index contributed by atoms with van der Waals surface area (Å²) in [4.78, 5) is 10.2. The third-order valence-electron chi connectivity index (χ3n) is 2.54. The van der Waals surface area contributed by atoms with E-state index in [4.69, 9.17) is 4.74 Å². The lowest BCUT2D eigenvalue weighted by molar-refractivity contribution is -0.110. The molecule has 1 aliphatic carbocycles. The maximum atomic E-state index is 10.2. The van der Waals surface area contributed by atoms with Gasteiger partial charge in [-0.05, 0) is 32.1 Å². The average Bonchev–Trinajstić information content (AvgIpc) is 2.17. The van der Waals surface area contributed by atoms with Crippen LogP contribution in [-0.2, 0) is 9.53 Å². The van der Waals surface area contributed by atoms with Crippen LogP contribution in [0.25, 0.3) is 0 Å². The van der Waals surface area contributed by atoms with Gasteiger partial charge in [0.05, 0.1) is 6.10 Å². The van der Waals surface area contributed by atoms with E-state index in [1.165, 1.54) is 0 Å². The molecule has 1 aliphatic rings. The average molecular weight is 185 g/mol. The van der Waals surface area contributed by atoms with Crippen LogP contribution < -0.4 is 5.32 Å². The van der Waals surface area contributed by atoms with Gasteiger partial charge in [0.1, 0.15) is 0 Å². The van der Waals surface area contributed by atoms with Crippen LogP contribution in [-0.4, -0.2) is 25.2 Å². The highest BCUT2D eigenvalue weighted by Gasteiger charge is 2.20. The summed E-state index contributed by atoms with van der Waals surface area (Å²) in [5, 5.41) is 2.82. The minimum absolute atomic E-state index is 0.388. The summed E-state index contributed by atoms with van der Waals surface area (Å²) in [5.41, 5.74) is 0. The lowest BCUT2D eigenvalue weighted by atomic mass is 9.93. The van der Waals surface area contributed by atoms with Gasteiger partial charge in [0.15, 0.2) is 0 Å². The van der Waals surface area contributed by atoms with Crippen molar-refractivity contribution in [3.05, 3.63) is 0 Å². The van der Waals surface area contributed by atoms with Gasteiger partial charge >= 0.3 is 0 Å². The Balaban J connectivity index is 2.11. The first-order chi connectivity index (χ1) is 6.36. The molecule has 0 aliphatic heterocycles. The quantitative estimate of drug-likeness (QED) is 0.659. The van der Waals surface area contributed by atoms with E-state index in [-0.39, 0.29) is 0 Å². The van der Waals surface area contributed by atoms with E-state index in [1.807, 2.05) is 0 Å². The molecule has 13 heavy (non-hydrogen) atoms. The lowest BCUT2D eigenvalue weighted by Crippen LogP contribution is -2.34. The van der Waals surface area contributed by atoms with Crippen molar-refractivity contribution < 1.29 is 9.53 Å². The van der Waals surface area contributed by atoms with Gasteiger partial charge < -0.3 is 10.1 Å². The second-order valence-corrected chi connectivity index (χ2v) is 3.63. The molecule has 0 aromatic heterocycles. The molecule has 0 spiro atoms. The Labute approximate surface area is 79.8 Å². The third-order valence-corrected chi connectivity index (χ3v) is 2.54. The second kappa shape index (κ2) is 5.97. The maximum Gasteiger partial charge on any atom is 0.207 e. The summed E-state index contributed by atoms with van der Waals surface area (Å²) in [6.45, 7) is 3.00. The first kappa shape index (κ1) is 10.5. The zero-order valence-electron chi connectivity index (χ0n) is 8.29. The molecule has 0 saturated heterocycles. The summed E-state index contributed by atoms with van der Waals surface area (Å²) in [6.07, 6.45) is 6.63. The first-order valence-corrected chi connectivity index (χ1v) is 5.18. The van der Waals surface area contributed by atoms with Gasteiger partial charge in [0.25, 0.3) is 0 Å². The van der Waals surface area contributed by atoms with Crippen LogP contribution in [0, 0.1) is 0 Å². The van der Waals surface area contributed by atoms with Crippen LogP contribution in [0.15, 0.2) is 0 Å². The Morgan fingerprint density at radius 1 is 1.38 bits per heavy atom. The fraction of sp³-hybridized carbons (Fsp3) is 0.900. The number of hydrogen-bond acceptors (Lipinski definition) is 2. The third kappa shape index (κ3) is 3.77. The largest absolute Gasteiger partial charge is 0.378 e. The molecule has 1 rings (SSSR count). The molecule has 3 heteroatoms. The summed E-state index contributed by atoms with van der Waals surface area (Å²) in [7, 11) is 0. The lowest BCUT2D eigenvalue weighted by Gasteiger charge is -2.27. The van der Waals surface area contributed by atoms with Gasteiger partial charge in [-0.25, -0.2) is 0 Å². The van der Waals surface area contributed by atoms with E-state index in [9.17, 15) is 4.79 Å². The molecule has 1 saturated carbocycles. The predicted molar refractivity (Wildman–Crippen MR) is 51.5 cm³/mol. The van der Waals surface area contributed by atoms with Crippen molar-refractivity contribution in [1.29, 1.82) is 0 Å². The number of carbonyl (C=O) groups excluding carboxylic acids is 1. The molecule has 1 fully saturated rings. The summed E-state index contributed by atoms with van der Waals surface area (Å²) >= 11 is 0. The standard InChI is InChI=1S/C10H19NO2/c1-2-7-13-10-5-3-9(4-6-10)11-8-12/h8-10H,2-7H2,1H3,(H,11,12). The first-order valence-electron chi connectivity index (χ1n) is 5.18. The number of rotatable bonds is 5. The van der Waals surface area contributed by atoms with Crippen LogP contribution in [0.3, 0.4) is 0 Å². The van der Waals surface area contributed by atoms with Gasteiger partial charge in [0, 0.05) is 12.6 Å². The normalized spacial score (nSPS) is 28.4. The Bertz CT molecular complexity index is 142. The van der Waals surface area contributed by atoms with Crippen LogP contribution in [0.4, 0.5) is 0 Å². The van der Waals surface area contributed by atoms with E-state index in [0.717, 1.165) is 45.1 Å². The van der Waals surface area contributed by atoms with Gasteiger partial charge in [-0.3, -0.25) is 4.79 Å². The predicted octanol–water partition coefficient (Wildman–Crippen LogP) is 1.47. The van der Waals surface area contributed by atoms with Crippen LogP contribution in [0.5, 0.6) is 0 Å². The molecular weight excluding hydrogens is 166 g/mol. The number of carbonyl (C=O) groups is 1. The van der Waals surface area contributed by atoms with E-state index >= 15 is 0 Å². The van der Waals surface area contributed by atoms with Crippen LogP contribution >= 0.6 is 0 Å². The fourth-order valence-electron chi connectivity index (χ4n) is 1.78. The minimum Gasteiger partial charge on any atom is -0.378 e. The molecule has 0 heterocycles. The Hall–Kier alpha value is -0.570. The molecule has 3 nitrogen and oxygen atoms in total. The van der Waals surface area contributed by atoms with Gasteiger partial charge in [-0.2, -0.15) is 0 Å². The number of hydrogen-bond donors (Lipinski definition) is 1. The fourth-order valence-corrected chi connectivity index (χ4v) is 1.78. The minimum atomic E-state index is 0.388. The molecule has 0 unspecified atom stereocenters. The summed E-state index contributed by atoms with van der Waals surface area (Å²) < 4.78 is 5.64. The highest BCUT2D eigenvalue weighted by Crippen LogP contribution is 2.20. The topological polar surface area (TPSA) is 38.3 Å². The Morgan fingerprint density at radius 3 is 2.62 bits per heavy atom. The molecule has 0 radical (unpaired) electrons. The zero-order valence-corrected chi connectivity index (χ0v) is 8.29. The molecule has 0 aromatic carbocycles. The monoisotopic (exact) mass is 185 g/mol. The van der Waals surface area contributed by atoms with Crippen molar-refractivity contribution in [2.45, 2.75) is 51.2 Å². The van der Waals surface area contributed by atoms with Crippen LogP contribution in [0.2, 0.25) is 0 Å². The smallest absolute Gasteiger partial charge is 0.207 e. The molecule has 0 aromatic rings. The highest BCUT2D eigenvalue weighted by molar-refractivity contribution is 5.46. The van der Waals surface area contributed by atoms with Gasteiger partial charge in [0.2, 0.25) is 6.41 Å².